The van der Waals surface area contributed by atoms with Crippen LogP contribution in [0, 0.1) is 0 Å². The van der Waals surface area contributed by atoms with Crippen LogP contribution in [0.1, 0.15) is 20.3 Å². The van der Waals surface area contributed by atoms with Gasteiger partial charge in [-0.2, -0.15) is 0 Å². The minimum absolute atomic E-state index is 0.146. The lowest BCUT2D eigenvalue weighted by Crippen LogP contribution is -2.61. The number of nitrogens with two attached hydrogens (primary N) is 1. The third-order valence-electron chi connectivity index (χ3n) is 4.04. The molecule has 1 fully saturated rings. The Morgan fingerprint density at radius 1 is 1.39 bits per heavy atom. The van der Waals surface area contributed by atoms with Crippen molar-refractivity contribution in [1.82, 2.24) is 14.7 Å². The average molecular weight is 256 g/mol. The Labute approximate surface area is 111 Å². The van der Waals surface area contributed by atoms with E-state index in [2.05, 4.69) is 30.7 Å². The van der Waals surface area contributed by atoms with Crippen LogP contribution in [0.3, 0.4) is 0 Å². The maximum Gasteiger partial charge on any atom is 0.223 e. The standard InChI is InChI=1S/C13H28N4O/c1-13(2)10-17(7-6-16(13)5)11(9-14)8-12(18)15(3)4/h11H,6-10,14H2,1-5H3. The summed E-state index contributed by atoms with van der Waals surface area (Å²) in [6.07, 6.45) is 0.517. The fourth-order valence-electron chi connectivity index (χ4n) is 2.34. The Kier molecular flexibility index (Phi) is 5.13. The van der Waals surface area contributed by atoms with Crippen molar-refractivity contribution in [3.8, 4) is 0 Å². The van der Waals surface area contributed by atoms with Crippen molar-refractivity contribution >= 4 is 5.91 Å². The van der Waals surface area contributed by atoms with Crippen molar-refractivity contribution in [3.05, 3.63) is 0 Å². The maximum absolute atomic E-state index is 11.8. The first-order valence-electron chi connectivity index (χ1n) is 6.63. The number of likely N-dealkylation sites (N-methyl/N-ethyl adjacent to an activating group) is 1. The van der Waals surface area contributed by atoms with Crippen LogP contribution in [0.5, 0.6) is 0 Å². The van der Waals surface area contributed by atoms with Crippen molar-refractivity contribution < 1.29 is 4.79 Å². The van der Waals surface area contributed by atoms with Crippen molar-refractivity contribution in [3.63, 3.8) is 0 Å². The van der Waals surface area contributed by atoms with Gasteiger partial charge in [0, 0.05) is 58.3 Å². The highest BCUT2D eigenvalue weighted by Gasteiger charge is 2.34. The van der Waals surface area contributed by atoms with Gasteiger partial charge in [0.15, 0.2) is 0 Å². The van der Waals surface area contributed by atoms with E-state index in [0.717, 1.165) is 19.6 Å². The monoisotopic (exact) mass is 256 g/mol. The molecule has 1 atom stereocenters. The minimum Gasteiger partial charge on any atom is -0.349 e. The van der Waals surface area contributed by atoms with E-state index >= 15 is 0 Å². The summed E-state index contributed by atoms with van der Waals surface area (Å²) in [6.45, 7) is 7.99. The van der Waals surface area contributed by atoms with E-state index < -0.39 is 0 Å². The molecule has 0 radical (unpaired) electrons. The van der Waals surface area contributed by atoms with Gasteiger partial charge >= 0.3 is 0 Å². The summed E-state index contributed by atoms with van der Waals surface area (Å²) in [5, 5.41) is 0. The van der Waals surface area contributed by atoms with Gasteiger partial charge in [0.2, 0.25) is 5.91 Å². The van der Waals surface area contributed by atoms with E-state index in [0.29, 0.717) is 13.0 Å². The third-order valence-corrected chi connectivity index (χ3v) is 4.04. The Morgan fingerprint density at radius 3 is 2.44 bits per heavy atom. The van der Waals surface area contributed by atoms with Crippen molar-refractivity contribution in [1.29, 1.82) is 0 Å². The second-order valence-electron chi connectivity index (χ2n) is 6.09. The van der Waals surface area contributed by atoms with Gasteiger partial charge in [-0.1, -0.05) is 0 Å². The molecule has 1 unspecified atom stereocenters. The second-order valence-corrected chi connectivity index (χ2v) is 6.09. The highest BCUT2D eigenvalue weighted by molar-refractivity contribution is 5.76. The van der Waals surface area contributed by atoms with E-state index in [4.69, 9.17) is 5.73 Å². The second kappa shape index (κ2) is 5.99. The number of carbonyl (C=O) groups is 1. The SMILES string of the molecule is CN(C)C(=O)CC(CN)N1CCN(C)C(C)(C)C1. The van der Waals surface area contributed by atoms with Crippen molar-refractivity contribution in [2.45, 2.75) is 31.8 Å². The highest BCUT2D eigenvalue weighted by Crippen LogP contribution is 2.21. The van der Waals surface area contributed by atoms with Crippen LogP contribution < -0.4 is 5.73 Å². The Bertz CT molecular complexity index is 291. The molecule has 0 aromatic carbocycles. The predicted octanol–water partition coefficient (Wildman–Crippen LogP) is -0.182. The number of hydrogen-bond acceptors (Lipinski definition) is 4. The summed E-state index contributed by atoms with van der Waals surface area (Å²) < 4.78 is 0. The number of hydrogen-bond donors (Lipinski definition) is 1. The van der Waals surface area contributed by atoms with Crippen LogP contribution in [0.25, 0.3) is 0 Å². The van der Waals surface area contributed by atoms with Gasteiger partial charge in [0.1, 0.15) is 0 Å². The number of nitrogens with zero attached hydrogens (tertiary/aromatic N) is 3. The number of carbonyl (C=O) groups excluding carboxylic acids is 1. The summed E-state index contributed by atoms with van der Waals surface area (Å²) in [7, 11) is 5.74. The van der Waals surface area contributed by atoms with Gasteiger partial charge in [-0.3, -0.25) is 14.6 Å². The molecule has 2 N–H and O–H groups in total. The zero-order valence-electron chi connectivity index (χ0n) is 12.4. The topological polar surface area (TPSA) is 52.8 Å². The van der Waals surface area contributed by atoms with Crippen LogP contribution in [0.4, 0.5) is 0 Å². The molecule has 1 saturated heterocycles. The highest BCUT2D eigenvalue weighted by atomic mass is 16.2. The quantitative estimate of drug-likeness (QED) is 0.758. The third kappa shape index (κ3) is 3.67. The smallest absolute Gasteiger partial charge is 0.223 e. The zero-order chi connectivity index (χ0) is 13.9. The molecule has 18 heavy (non-hydrogen) atoms. The van der Waals surface area contributed by atoms with Crippen LogP contribution in [0.2, 0.25) is 0 Å². The molecule has 1 heterocycles. The van der Waals surface area contributed by atoms with Crippen LogP contribution in [-0.2, 0) is 4.79 Å². The van der Waals surface area contributed by atoms with Crippen molar-refractivity contribution in [2.75, 3.05) is 47.3 Å². The normalized spacial score (nSPS) is 22.8. The van der Waals surface area contributed by atoms with Gasteiger partial charge in [0.25, 0.3) is 0 Å². The summed E-state index contributed by atoms with van der Waals surface area (Å²) in [5.74, 6) is 0.155. The Hall–Kier alpha value is -0.650. The lowest BCUT2D eigenvalue weighted by Gasteiger charge is -2.47. The van der Waals surface area contributed by atoms with Gasteiger partial charge in [-0.25, -0.2) is 0 Å². The van der Waals surface area contributed by atoms with Gasteiger partial charge in [-0.15, -0.1) is 0 Å². The molecule has 1 rings (SSSR count). The Balaban J connectivity index is 2.64. The van der Waals surface area contributed by atoms with E-state index in [1.54, 1.807) is 19.0 Å². The van der Waals surface area contributed by atoms with Crippen LogP contribution in [-0.4, -0.2) is 79.5 Å². The molecule has 0 aliphatic carbocycles. The van der Waals surface area contributed by atoms with E-state index in [1.165, 1.54) is 0 Å². The molecule has 0 bridgehead atoms. The molecule has 106 valence electrons. The summed E-state index contributed by atoms with van der Waals surface area (Å²) in [5.41, 5.74) is 5.99. The first-order chi connectivity index (χ1) is 8.27. The number of rotatable bonds is 4. The largest absolute Gasteiger partial charge is 0.349 e. The summed E-state index contributed by atoms with van der Waals surface area (Å²) in [6, 6.07) is 0.160. The number of piperazine rings is 1. The molecular formula is C13H28N4O. The lowest BCUT2D eigenvalue weighted by molar-refractivity contribution is -0.130. The van der Waals surface area contributed by atoms with Crippen LogP contribution in [0.15, 0.2) is 0 Å². The summed E-state index contributed by atoms with van der Waals surface area (Å²) in [4.78, 5) is 18.2. The molecular weight excluding hydrogens is 228 g/mol. The van der Waals surface area contributed by atoms with Crippen LogP contribution >= 0.6 is 0 Å². The van der Waals surface area contributed by atoms with Gasteiger partial charge < -0.3 is 10.6 Å². The van der Waals surface area contributed by atoms with E-state index in [-0.39, 0.29) is 17.5 Å². The minimum atomic E-state index is 0.146. The average Bonchev–Trinajstić information content (AvgIpc) is 2.29. The molecule has 5 nitrogen and oxygen atoms in total. The van der Waals surface area contributed by atoms with Crippen molar-refractivity contribution in [2.24, 2.45) is 5.73 Å². The van der Waals surface area contributed by atoms with E-state index in [1.807, 2.05) is 0 Å². The summed E-state index contributed by atoms with van der Waals surface area (Å²) >= 11 is 0. The zero-order valence-corrected chi connectivity index (χ0v) is 12.4. The predicted molar refractivity (Wildman–Crippen MR) is 74.4 cm³/mol. The van der Waals surface area contributed by atoms with E-state index in [9.17, 15) is 4.79 Å². The lowest BCUT2D eigenvalue weighted by atomic mass is 9.97. The molecule has 1 amide bonds. The Morgan fingerprint density at radius 2 is 2.00 bits per heavy atom. The fraction of sp³-hybridized carbons (Fsp3) is 0.923. The maximum atomic E-state index is 11.8. The molecule has 0 spiro atoms. The van der Waals surface area contributed by atoms with Gasteiger partial charge in [0.05, 0.1) is 0 Å². The first-order valence-corrected chi connectivity index (χ1v) is 6.63. The molecule has 5 heteroatoms. The molecule has 1 aliphatic heterocycles. The first kappa shape index (κ1) is 15.4. The molecule has 1 aliphatic rings. The molecule has 0 aromatic rings. The van der Waals surface area contributed by atoms with Gasteiger partial charge in [-0.05, 0) is 20.9 Å². The fourth-order valence-corrected chi connectivity index (χ4v) is 2.34. The molecule has 0 aromatic heterocycles. The molecule has 0 saturated carbocycles. The number of amides is 1.